The fourth-order valence-electron chi connectivity index (χ4n) is 2.75. The lowest BCUT2D eigenvalue weighted by Crippen LogP contribution is -2.33. The predicted octanol–water partition coefficient (Wildman–Crippen LogP) is 3.98. The number of furan rings is 1. The molecular formula is C21H21FN2O3. The lowest BCUT2D eigenvalue weighted by Gasteiger charge is -2.11. The molecular weight excluding hydrogens is 347 g/mol. The van der Waals surface area contributed by atoms with Crippen LogP contribution < -0.4 is 10.9 Å². The quantitative estimate of drug-likeness (QED) is 0.686. The molecule has 1 amide bonds. The number of unbranched alkanes of at least 4 members (excludes halogenated alkanes) is 1. The van der Waals surface area contributed by atoms with Crippen LogP contribution in [-0.4, -0.2) is 10.5 Å². The monoisotopic (exact) mass is 368 g/mol. The van der Waals surface area contributed by atoms with Gasteiger partial charge in [-0.3, -0.25) is 9.59 Å². The van der Waals surface area contributed by atoms with Gasteiger partial charge in [0.25, 0.3) is 11.5 Å². The molecule has 0 bridgehead atoms. The Bertz CT molecular complexity index is 960. The number of amides is 1. The van der Waals surface area contributed by atoms with E-state index >= 15 is 0 Å². The fourth-order valence-corrected chi connectivity index (χ4v) is 2.75. The second kappa shape index (κ2) is 8.49. The molecule has 0 unspecified atom stereocenters. The lowest BCUT2D eigenvalue weighted by molar-refractivity contribution is 0.0949. The molecule has 0 atom stereocenters. The van der Waals surface area contributed by atoms with E-state index in [0.29, 0.717) is 17.9 Å². The molecule has 0 aliphatic rings. The van der Waals surface area contributed by atoms with E-state index in [2.05, 4.69) is 5.32 Å². The normalized spacial score (nSPS) is 10.7. The van der Waals surface area contributed by atoms with Crippen LogP contribution in [0.15, 0.2) is 64.1 Å². The molecule has 1 aromatic carbocycles. The van der Waals surface area contributed by atoms with Crippen molar-refractivity contribution in [3.63, 3.8) is 0 Å². The third-order valence-electron chi connectivity index (χ3n) is 4.26. The Morgan fingerprint density at radius 3 is 2.67 bits per heavy atom. The number of halogens is 1. The summed E-state index contributed by atoms with van der Waals surface area (Å²) < 4.78 is 19.9. The van der Waals surface area contributed by atoms with Crippen molar-refractivity contribution in [1.82, 2.24) is 9.88 Å². The van der Waals surface area contributed by atoms with Crippen molar-refractivity contribution < 1.29 is 13.6 Å². The highest BCUT2D eigenvalue weighted by molar-refractivity contribution is 5.94. The van der Waals surface area contributed by atoms with Crippen LogP contribution in [0.3, 0.4) is 0 Å². The number of hydrogen-bond acceptors (Lipinski definition) is 3. The number of nitrogens with zero attached hydrogens (tertiary/aromatic N) is 1. The van der Waals surface area contributed by atoms with Crippen LogP contribution in [0.5, 0.6) is 0 Å². The lowest BCUT2D eigenvalue weighted by atomic mass is 10.1. The third-order valence-corrected chi connectivity index (χ3v) is 4.26. The average Bonchev–Trinajstić information content (AvgIpc) is 3.21. The Morgan fingerprint density at radius 2 is 2.00 bits per heavy atom. The van der Waals surface area contributed by atoms with Gasteiger partial charge in [0.15, 0.2) is 0 Å². The van der Waals surface area contributed by atoms with E-state index in [1.807, 2.05) is 6.92 Å². The highest BCUT2D eigenvalue weighted by Gasteiger charge is 2.16. The zero-order chi connectivity index (χ0) is 19.2. The minimum Gasteiger partial charge on any atom is -0.464 e. The topological polar surface area (TPSA) is 64.2 Å². The van der Waals surface area contributed by atoms with Crippen molar-refractivity contribution in [3.05, 3.63) is 82.2 Å². The highest BCUT2D eigenvalue weighted by Crippen LogP contribution is 2.19. The van der Waals surface area contributed by atoms with Gasteiger partial charge in [-0.2, -0.15) is 0 Å². The molecule has 0 fully saturated rings. The summed E-state index contributed by atoms with van der Waals surface area (Å²) in [6.45, 7) is 2.78. The molecule has 3 aromatic rings. The second-order valence-corrected chi connectivity index (χ2v) is 6.28. The Kier molecular flexibility index (Phi) is 5.86. The standard InChI is InChI=1S/C21H21FN2O3/c1-2-3-10-24-14-16(19-5-4-11-27-19)12-18(21(24)26)20(25)23-13-15-6-8-17(22)9-7-15/h4-9,11-12,14H,2-3,10,13H2,1H3,(H,23,25). The van der Waals surface area contributed by atoms with Gasteiger partial charge in [-0.25, -0.2) is 4.39 Å². The smallest absolute Gasteiger partial charge is 0.263 e. The third kappa shape index (κ3) is 4.53. The van der Waals surface area contributed by atoms with E-state index in [1.54, 1.807) is 47.4 Å². The van der Waals surface area contributed by atoms with Crippen molar-refractivity contribution >= 4 is 5.91 Å². The number of nitrogens with one attached hydrogen (secondary N) is 1. The Morgan fingerprint density at radius 1 is 1.22 bits per heavy atom. The van der Waals surface area contributed by atoms with Crippen molar-refractivity contribution in [2.75, 3.05) is 0 Å². The van der Waals surface area contributed by atoms with E-state index in [9.17, 15) is 14.0 Å². The second-order valence-electron chi connectivity index (χ2n) is 6.28. The highest BCUT2D eigenvalue weighted by atomic mass is 19.1. The molecule has 5 nitrogen and oxygen atoms in total. The summed E-state index contributed by atoms with van der Waals surface area (Å²) in [5.74, 6) is -0.217. The molecule has 0 radical (unpaired) electrons. The molecule has 0 saturated carbocycles. The number of aromatic nitrogens is 1. The van der Waals surface area contributed by atoms with Crippen molar-refractivity contribution in [2.24, 2.45) is 0 Å². The Balaban J connectivity index is 1.87. The maximum absolute atomic E-state index is 13.0. The molecule has 27 heavy (non-hydrogen) atoms. The summed E-state index contributed by atoms with van der Waals surface area (Å²) in [4.78, 5) is 25.3. The maximum atomic E-state index is 13.0. The first kappa shape index (κ1) is 18.6. The van der Waals surface area contributed by atoms with Gasteiger partial charge < -0.3 is 14.3 Å². The van der Waals surface area contributed by atoms with Crippen LogP contribution in [0.4, 0.5) is 4.39 Å². The Labute approximate surface area is 156 Å². The number of carbonyl (C=O) groups excluding carboxylic acids is 1. The largest absolute Gasteiger partial charge is 0.464 e. The number of aryl methyl sites for hydroxylation is 1. The summed E-state index contributed by atoms with van der Waals surface area (Å²) in [5, 5.41) is 2.73. The van der Waals surface area contributed by atoms with Gasteiger partial charge >= 0.3 is 0 Å². The van der Waals surface area contributed by atoms with Crippen LogP contribution in [0, 0.1) is 5.82 Å². The van der Waals surface area contributed by atoms with Crippen LogP contribution in [0.2, 0.25) is 0 Å². The zero-order valence-corrected chi connectivity index (χ0v) is 15.1. The van der Waals surface area contributed by atoms with E-state index in [0.717, 1.165) is 18.4 Å². The summed E-state index contributed by atoms with van der Waals surface area (Å²) >= 11 is 0. The van der Waals surface area contributed by atoms with Gasteiger partial charge in [0.1, 0.15) is 17.1 Å². The van der Waals surface area contributed by atoms with Crippen LogP contribution in [-0.2, 0) is 13.1 Å². The van der Waals surface area contributed by atoms with Gasteiger partial charge in [-0.05, 0) is 42.3 Å². The SMILES string of the molecule is CCCCn1cc(-c2ccco2)cc(C(=O)NCc2ccc(F)cc2)c1=O. The maximum Gasteiger partial charge on any atom is 0.263 e. The molecule has 0 aliphatic carbocycles. The van der Waals surface area contributed by atoms with E-state index in [4.69, 9.17) is 4.42 Å². The van der Waals surface area contributed by atoms with Crippen LogP contribution >= 0.6 is 0 Å². The van der Waals surface area contributed by atoms with Gasteiger partial charge in [-0.1, -0.05) is 25.5 Å². The van der Waals surface area contributed by atoms with Gasteiger partial charge in [0, 0.05) is 24.8 Å². The summed E-state index contributed by atoms with van der Waals surface area (Å²) in [5.41, 5.74) is 1.14. The van der Waals surface area contributed by atoms with Crippen LogP contribution in [0.25, 0.3) is 11.3 Å². The first-order chi connectivity index (χ1) is 13.1. The average molecular weight is 368 g/mol. The fraction of sp³-hybridized carbons (Fsp3) is 0.238. The number of pyridine rings is 1. The number of rotatable bonds is 7. The minimum atomic E-state index is -0.469. The van der Waals surface area contributed by atoms with E-state index in [1.165, 1.54) is 12.1 Å². The number of carbonyl (C=O) groups is 1. The molecule has 2 heterocycles. The molecule has 0 spiro atoms. The number of hydrogen-bond donors (Lipinski definition) is 1. The summed E-state index contributed by atoms with van der Waals surface area (Å²) in [6.07, 6.45) is 5.03. The first-order valence-corrected chi connectivity index (χ1v) is 8.89. The van der Waals surface area contributed by atoms with E-state index < -0.39 is 5.91 Å². The molecule has 2 aromatic heterocycles. The van der Waals surface area contributed by atoms with E-state index in [-0.39, 0.29) is 23.5 Å². The molecule has 3 rings (SSSR count). The first-order valence-electron chi connectivity index (χ1n) is 8.89. The van der Waals surface area contributed by atoms with Gasteiger partial charge in [-0.15, -0.1) is 0 Å². The minimum absolute atomic E-state index is 0.0575. The Hall–Kier alpha value is -3.15. The molecule has 6 heteroatoms. The zero-order valence-electron chi connectivity index (χ0n) is 15.1. The predicted molar refractivity (Wildman–Crippen MR) is 101 cm³/mol. The summed E-state index contributed by atoms with van der Waals surface area (Å²) in [7, 11) is 0. The van der Waals surface area contributed by atoms with Crippen molar-refractivity contribution in [3.8, 4) is 11.3 Å². The summed E-state index contributed by atoms with van der Waals surface area (Å²) in [6, 6.07) is 10.9. The molecule has 1 N–H and O–H groups in total. The van der Waals surface area contributed by atoms with Crippen molar-refractivity contribution in [2.45, 2.75) is 32.9 Å². The van der Waals surface area contributed by atoms with Gasteiger partial charge in [0.05, 0.1) is 6.26 Å². The molecule has 140 valence electrons. The number of benzene rings is 1. The molecule has 0 saturated heterocycles. The molecule has 0 aliphatic heterocycles. The van der Waals surface area contributed by atoms with Crippen LogP contribution in [0.1, 0.15) is 35.7 Å². The van der Waals surface area contributed by atoms with Gasteiger partial charge in [0.2, 0.25) is 0 Å². The van der Waals surface area contributed by atoms with Crippen molar-refractivity contribution in [1.29, 1.82) is 0 Å².